The molecule has 1 heterocycles. The second-order valence-electron chi connectivity index (χ2n) is 5.18. The van der Waals surface area contributed by atoms with E-state index in [9.17, 15) is 14.7 Å². The number of amides is 1. The molecule has 0 unspecified atom stereocenters. The van der Waals surface area contributed by atoms with Crippen molar-refractivity contribution in [2.24, 2.45) is 5.41 Å². The predicted molar refractivity (Wildman–Crippen MR) is 69.1 cm³/mol. The number of piperidine rings is 1. The lowest BCUT2D eigenvalue weighted by molar-refractivity contribution is -0.152. The summed E-state index contributed by atoms with van der Waals surface area (Å²) in [6, 6.07) is 9.45. The first-order chi connectivity index (χ1) is 8.95. The number of hydrogen-bond acceptors (Lipinski definition) is 2. The van der Waals surface area contributed by atoms with Gasteiger partial charge in [0.05, 0.1) is 5.41 Å². The molecule has 1 aliphatic heterocycles. The van der Waals surface area contributed by atoms with Gasteiger partial charge in [-0.05, 0) is 18.9 Å². The van der Waals surface area contributed by atoms with E-state index < -0.39 is 17.5 Å². The number of carboxylic acids is 1. The Morgan fingerprint density at radius 3 is 2.42 bits per heavy atom. The third kappa shape index (κ3) is 2.41. The number of carboxylic acid groups (broad SMARTS) is 2. The first-order valence-electron chi connectivity index (χ1n) is 6.21. The van der Waals surface area contributed by atoms with Crippen molar-refractivity contribution < 1.29 is 19.8 Å². The van der Waals surface area contributed by atoms with Crippen LogP contribution in [0.15, 0.2) is 30.3 Å². The van der Waals surface area contributed by atoms with Crippen LogP contribution in [0, 0.1) is 5.41 Å². The van der Waals surface area contributed by atoms with E-state index in [1.165, 1.54) is 4.90 Å². The molecule has 102 valence electrons. The van der Waals surface area contributed by atoms with Gasteiger partial charge in [-0.15, -0.1) is 0 Å². The fourth-order valence-electron chi connectivity index (χ4n) is 2.79. The van der Waals surface area contributed by atoms with Crippen molar-refractivity contribution in [1.82, 2.24) is 4.90 Å². The molecule has 2 atom stereocenters. The third-order valence-corrected chi connectivity index (χ3v) is 3.94. The number of nitrogens with zero attached hydrogens (tertiary/aromatic N) is 1. The molecule has 5 heteroatoms. The van der Waals surface area contributed by atoms with E-state index in [1.807, 2.05) is 30.3 Å². The molecule has 1 amide bonds. The standard InChI is InChI=1S/C14H17NO4/c1-14(12(16)17)9-15(13(18)19)8-7-11(14)10-5-3-2-4-6-10/h2-6,11H,7-9H2,1H3,(H,16,17)(H,18,19)/t11-,14-/m1/s1. The highest BCUT2D eigenvalue weighted by Crippen LogP contribution is 2.42. The van der Waals surface area contributed by atoms with E-state index >= 15 is 0 Å². The summed E-state index contributed by atoms with van der Waals surface area (Å²) in [4.78, 5) is 23.8. The Balaban J connectivity index is 2.34. The summed E-state index contributed by atoms with van der Waals surface area (Å²) in [6.07, 6.45) is -0.530. The van der Waals surface area contributed by atoms with E-state index in [0.29, 0.717) is 13.0 Å². The van der Waals surface area contributed by atoms with Crippen LogP contribution in [0.25, 0.3) is 0 Å². The molecule has 1 aromatic carbocycles. The van der Waals surface area contributed by atoms with Gasteiger partial charge < -0.3 is 15.1 Å². The van der Waals surface area contributed by atoms with Crippen molar-refractivity contribution in [2.75, 3.05) is 13.1 Å². The molecule has 0 aliphatic carbocycles. The maximum absolute atomic E-state index is 11.6. The maximum Gasteiger partial charge on any atom is 0.407 e. The zero-order valence-electron chi connectivity index (χ0n) is 10.7. The highest BCUT2D eigenvalue weighted by Gasteiger charge is 2.47. The molecule has 1 saturated heterocycles. The Kier molecular flexibility index (Phi) is 3.46. The van der Waals surface area contributed by atoms with Gasteiger partial charge in [0, 0.05) is 19.0 Å². The van der Waals surface area contributed by atoms with Gasteiger partial charge in [0.2, 0.25) is 0 Å². The van der Waals surface area contributed by atoms with Crippen molar-refractivity contribution in [2.45, 2.75) is 19.3 Å². The van der Waals surface area contributed by atoms with Crippen molar-refractivity contribution >= 4 is 12.1 Å². The summed E-state index contributed by atoms with van der Waals surface area (Å²) in [7, 11) is 0. The van der Waals surface area contributed by atoms with Gasteiger partial charge >= 0.3 is 12.1 Å². The predicted octanol–water partition coefficient (Wildman–Crippen LogP) is 2.24. The number of aliphatic carboxylic acids is 1. The first-order valence-corrected chi connectivity index (χ1v) is 6.21. The summed E-state index contributed by atoms with van der Waals surface area (Å²) < 4.78 is 0. The van der Waals surface area contributed by atoms with Crippen molar-refractivity contribution in [1.29, 1.82) is 0 Å². The highest BCUT2D eigenvalue weighted by molar-refractivity contribution is 5.77. The van der Waals surface area contributed by atoms with Gasteiger partial charge in [0.25, 0.3) is 0 Å². The Morgan fingerprint density at radius 1 is 1.26 bits per heavy atom. The molecule has 5 nitrogen and oxygen atoms in total. The average Bonchev–Trinajstić information content (AvgIpc) is 2.39. The molecule has 0 bridgehead atoms. The van der Waals surface area contributed by atoms with E-state index in [1.54, 1.807) is 6.92 Å². The number of hydrogen-bond donors (Lipinski definition) is 2. The van der Waals surface area contributed by atoms with Crippen LogP contribution >= 0.6 is 0 Å². The molecule has 0 saturated carbocycles. The van der Waals surface area contributed by atoms with Crippen LogP contribution in [-0.2, 0) is 4.79 Å². The second-order valence-corrected chi connectivity index (χ2v) is 5.18. The van der Waals surface area contributed by atoms with Crippen molar-refractivity contribution in [3.05, 3.63) is 35.9 Å². The quantitative estimate of drug-likeness (QED) is 0.857. The van der Waals surface area contributed by atoms with Crippen LogP contribution in [0.3, 0.4) is 0 Å². The minimum Gasteiger partial charge on any atom is -0.481 e. The lowest BCUT2D eigenvalue weighted by atomic mass is 9.69. The topological polar surface area (TPSA) is 77.8 Å². The number of likely N-dealkylation sites (tertiary alicyclic amines) is 1. The Labute approximate surface area is 111 Å². The molecule has 0 radical (unpaired) electrons. The van der Waals surface area contributed by atoms with Gasteiger partial charge in [-0.3, -0.25) is 4.79 Å². The highest BCUT2D eigenvalue weighted by atomic mass is 16.4. The van der Waals surface area contributed by atoms with Gasteiger partial charge in [0.1, 0.15) is 0 Å². The van der Waals surface area contributed by atoms with Gasteiger partial charge in [-0.25, -0.2) is 4.79 Å². The summed E-state index contributed by atoms with van der Waals surface area (Å²) in [5, 5.41) is 18.6. The number of rotatable bonds is 2. The van der Waals surface area contributed by atoms with Crippen LogP contribution in [0.2, 0.25) is 0 Å². The molecule has 0 spiro atoms. The van der Waals surface area contributed by atoms with Gasteiger partial charge in [-0.1, -0.05) is 30.3 Å². The fraction of sp³-hybridized carbons (Fsp3) is 0.429. The lowest BCUT2D eigenvalue weighted by Crippen LogP contribution is -2.51. The van der Waals surface area contributed by atoms with Crippen LogP contribution in [0.4, 0.5) is 4.79 Å². The molecule has 0 aromatic heterocycles. The monoisotopic (exact) mass is 263 g/mol. The van der Waals surface area contributed by atoms with Gasteiger partial charge in [0.15, 0.2) is 0 Å². The van der Waals surface area contributed by atoms with Gasteiger partial charge in [-0.2, -0.15) is 0 Å². The first kappa shape index (κ1) is 13.4. The SMILES string of the molecule is C[C@@]1(C(=O)O)CN(C(=O)O)CC[C@@H]1c1ccccc1. The molecule has 2 N–H and O–H groups in total. The zero-order valence-corrected chi connectivity index (χ0v) is 10.7. The van der Waals surface area contributed by atoms with E-state index in [2.05, 4.69) is 0 Å². The molecule has 2 rings (SSSR count). The van der Waals surface area contributed by atoms with Crippen LogP contribution < -0.4 is 0 Å². The Bertz CT molecular complexity index is 487. The normalized spacial score (nSPS) is 27.0. The molecule has 1 aliphatic rings. The molecule has 1 aromatic rings. The molecule has 19 heavy (non-hydrogen) atoms. The maximum atomic E-state index is 11.6. The van der Waals surface area contributed by atoms with E-state index in [0.717, 1.165) is 5.56 Å². The minimum atomic E-state index is -1.09. The smallest absolute Gasteiger partial charge is 0.407 e. The molecule has 1 fully saturated rings. The third-order valence-electron chi connectivity index (χ3n) is 3.94. The Hall–Kier alpha value is -2.04. The zero-order chi connectivity index (χ0) is 14.0. The largest absolute Gasteiger partial charge is 0.481 e. The molecular weight excluding hydrogens is 246 g/mol. The fourth-order valence-corrected chi connectivity index (χ4v) is 2.79. The van der Waals surface area contributed by atoms with E-state index in [4.69, 9.17) is 5.11 Å². The summed E-state index contributed by atoms with van der Waals surface area (Å²) in [6.45, 7) is 2.02. The van der Waals surface area contributed by atoms with Crippen LogP contribution in [0.1, 0.15) is 24.8 Å². The van der Waals surface area contributed by atoms with E-state index in [-0.39, 0.29) is 12.5 Å². The average molecular weight is 263 g/mol. The van der Waals surface area contributed by atoms with Crippen LogP contribution in [0.5, 0.6) is 0 Å². The molecular formula is C14H17NO4. The van der Waals surface area contributed by atoms with Crippen LogP contribution in [-0.4, -0.2) is 40.3 Å². The van der Waals surface area contributed by atoms with Crippen molar-refractivity contribution in [3.8, 4) is 0 Å². The summed E-state index contributed by atoms with van der Waals surface area (Å²) in [5.74, 6) is -1.12. The lowest BCUT2D eigenvalue weighted by Gasteiger charge is -2.42. The van der Waals surface area contributed by atoms with Crippen molar-refractivity contribution in [3.63, 3.8) is 0 Å². The second kappa shape index (κ2) is 4.91. The summed E-state index contributed by atoms with van der Waals surface area (Å²) in [5.41, 5.74) is -0.129. The Morgan fingerprint density at radius 2 is 1.89 bits per heavy atom. The summed E-state index contributed by atoms with van der Waals surface area (Å²) >= 11 is 0. The number of carbonyl (C=O) groups is 2. The number of benzene rings is 1. The minimum absolute atomic E-state index is 0.0250.